The number of amides is 1. The van der Waals surface area contributed by atoms with Crippen molar-refractivity contribution in [2.45, 2.75) is 51.7 Å². The smallest absolute Gasteiger partial charge is 0.398 e. The molecule has 2 saturated heterocycles. The van der Waals surface area contributed by atoms with E-state index in [0.717, 1.165) is 13.0 Å². The van der Waals surface area contributed by atoms with Gasteiger partial charge in [0.15, 0.2) is 0 Å². The summed E-state index contributed by atoms with van der Waals surface area (Å²) in [5, 5.41) is 0. The largest absolute Gasteiger partial charge is 0.525 e. The fourth-order valence-electron chi connectivity index (χ4n) is 2.84. The Kier molecular flexibility index (Phi) is 5.41. The van der Waals surface area contributed by atoms with Crippen LogP contribution in [0, 0.1) is 11.8 Å². The maximum absolute atomic E-state index is 14.5. The van der Waals surface area contributed by atoms with E-state index in [9.17, 15) is 9.18 Å². The van der Waals surface area contributed by atoms with Gasteiger partial charge in [0.2, 0.25) is 5.91 Å². The summed E-state index contributed by atoms with van der Waals surface area (Å²) in [4.78, 5) is 17.5. The third kappa shape index (κ3) is 4.40. The standard InChI is InChI=1S/C20H24BFN2O3/c1-19(2)20(3,4)27-21(26-19)17(22)13-15-9-10-16(23-14-15)7-5-11-24-12-6-8-18(24)25/h9-10,13-14H,6,8,11-12H2,1-4H3. The summed E-state index contributed by atoms with van der Waals surface area (Å²) in [6.45, 7) is 8.70. The van der Waals surface area contributed by atoms with E-state index >= 15 is 0 Å². The van der Waals surface area contributed by atoms with Gasteiger partial charge in [-0.05, 0) is 57.7 Å². The molecule has 27 heavy (non-hydrogen) atoms. The van der Waals surface area contributed by atoms with E-state index in [1.165, 1.54) is 6.08 Å². The molecule has 2 aliphatic rings. The van der Waals surface area contributed by atoms with Gasteiger partial charge >= 0.3 is 7.12 Å². The van der Waals surface area contributed by atoms with Gasteiger partial charge in [-0.1, -0.05) is 12.0 Å². The lowest BCUT2D eigenvalue weighted by molar-refractivity contribution is -0.127. The number of hydrogen-bond acceptors (Lipinski definition) is 4. The van der Waals surface area contributed by atoms with Gasteiger partial charge in [0.25, 0.3) is 0 Å². The van der Waals surface area contributed by atoms with Gasteiger partial charge < -0.3 is 14.2 Å². The fourth-order valence-corrected chi connectivity index (χ4v) is 2.84. The zero-order chi connectivity index (χ0) is 19.7. The Labute approximate surface area is 160 Å². The second-order valence-electron chi connectivity index (χ2n) is 7.81. The number of rotatable bonds is 3. The monoisotopic (exact) mass is 370 g/mol. The van der Waals surface area contributed by atoms with Gasteiger partial charge in [0, 0.05) is 19.2 Å². The van der Waals surface area contributed by atoms with E-state index in [1.807, 2.05) is 27.7 Å². The molecule has 0 aliphatic carbocycles. The highest BCUT2D eigenvalue weighted by molar-refractivity contribution is 6.54. The highest BCUT2D eigenvalue weighted by atomic mass is 19.1. The van der Waals surface area contributed by atoms with E-state index in [4.69, 9.17) is 9.31 Å². The van der Waals surface area contributed by atoms with Crippen LogP contribution in [0.3, 0.4) is 0 Å². The van der Waals surface area contributed by atoms with Crippen LogP contribution in [-0.4, -0.2) is 47.2 Å². The molecule has 3 heterocycles. The molecule has 1 aromatic heterocycles. The van der Waals surface area contributed by atoms with Crippen LogP contribution in [0.15, 0.2) is 24.1 Å². The highest BCUT2D eigenvalue weighted by Gasteiger charge is 2.53. The molecule has 3 rings (SSSR count). The lowest BCUT2D eigenvalue weighted by Gasteiger charge is -2.32. The van der Waals surface area contributed by atoms with Crippen molar-refractivity contribution in [1.29, 1.82) is 0 Å². The summed E-state index contributed by atoms with van der Waals surface area (Å²) in [7, 11) is -1.02. The predicted molar refractivity (Wildman–Crippen MR) is 102 cm³/mol. The molecule has 2 fully saturated rings. The summed E-state index contributed by atoms with van der Waals surface area (Å²) in [6.07, 6.45) is 4.41. The van der Waals surface area contributed by atoms with Gasteiger partial charge in [-0.3, -0.25) is 4.79 Å². The number of carbonyl (C=O) groups is 1. The summed E-state index contributed by atoms with van der Waals surface area (Å²) in [5.41, 5.74) is -0.492. The molecule has 0 radical (unpaired) electrons. The third-order valence-corrected chi connectivity index (χ3v) is 5.23. The zero-order valence-corrected chi connectivity index (χ0v) is 16.2. The van der Waals surface area contributed by atoms with E-state index < -0.39 is 24.0 Å². The molecule has 0 atom stereocenters. The van der Waals surface area contributed by atoms with Crippen molar-refractivity contribution in [1.82, 2.24) is 9.88 Å². The minimum Gasteiger partial charge on any atom is -0.398 e. The minimum absolute atomic E-state index is 0.149. The number of aromatic nitrogens is 1. The molecule has 0 saturated carbocycles. The van der Waals surface area contributed by atoms with Gasteiger partial charge in [-0.2, -0.15) is 0 Å². The van der Waals surface area contributed by atoms with Crippen molar-refractivity contribution in [3.8, 4) is 11.8 Å². The Morgan fingerprint density at radius 2 is 2.04 bits per heavy atom. The van der Waals surface area contributed by atoms with E-state index in [2.05, 4.69) is 16.8 Å². The summed E-state index contributed by atoms with van der Waals surface area (Å²) in [5.74, 6) is 6.04. The van der Waals surface area contributed by atoms with Gasteiger partial charge in [-0.15, -0.1) is 0 Å². The Hall–Kier alpha value is -2.17. The minimum atomic E-state index is -1.02. The average molecular weight is 370 g/mol. The molecule has 5 nitrogen and oxygen atoms in total. The van der Waals surface area contributed by atoms with Crippen molar-refractivity contribution in [3.63, 3.8) is 0 Å². The molecule has 0 unspecified atom stereocenters. The molecular weight excluding hydrogens is 346 g/mol. The number of likely N-dealkylation sites (tertiary alicyclic amines) is 1. The van der Waals surface area contributed by atoms with Crippen LogP contribution in [-0.2, 0) is 14.1 Å². The highest BCUT2D eigenvalue weighted by Crippen LogP contribution is 2.39. The summed E-state index contributed by atoms with van der Waals surface area (Å²) < 4.78 is 25.9. The number of halogens is 1. The van der Waals surface area contributed by atoms with E-state index in [1.54, 1.807) is 23.2 Å². The van der Waals surface area contributed by atoms with Crippen LogP contribution < -0.4 is 0 Å². The first-order valence-corrected chi connectivity index (χ1v) is 9.13. The van der Waals surface area contributed by atoms with Gasteiger partial charge in [0.05, 0.1) is 17.7 Å². The Balaban J connectivity index is 1.62. The van der Waals surface area contributed by atoms with Crippen LogP contribution in [0.1, 0.15) is 51.8 Å². The number of carbonyl (C=O) groups excluding carboxylic acids is 1. The normalized spacial score (nSPS) is 21.4. The topological polar surface area (TPSA) is 51.7 Å². The molecule has 1 amide bonds. The third-order valence-electron chi connectivity index (χ3n) is 5.23. The number of pyridine rings is 1. The molecular formula is C20H24BFN2O3. The molecule has 142 valence electrons. The van der Waals surface area contributed by atoms with Crippen LogP contribution in [0.4, 0.5) is 4.39 Å². The van der Waals surface area contributed by atoms with E-state index in [-0.39, 0.29) is 5.91 Å². The first-order chi connectivity index (χ1) is 12.7. The maximum atomic E-state index is 14.5. The van der Waals surface area contributed by atoms with Gasteiger partial charge in [0.1, 0.15) is 11.4 Å². The molecule has 0 aromatic carbocycles. The van der Waals surface area contributed by atoms with Gasteiger partial charge in [-0.25, -0.2) is 9.37 Å². The Morgan fingerprint density at radius 3 is 2.59 bits per heavy atom. The molecule has 7 heteroatoms. The molecule has 1 aromatic rings. The average Bonchev–Trinajstić information content (AvgIpc) is 3.09. The molecule has 2 aliphatic heterocycles. The SMILES string of the molecule is CC1(C)OB(C(F)=Cc2ccc(C#CCN3CCCC3=O)nc2)OC1(C)C. The second-order valence-corrected chi connectivity index (χ2v) is 7.81. The maximum Gasteiger partial charge on any atom is 0.525 e. The molecule has 0 bridgehead atoms. The first kappa shape index (κ1) is 19.6. The number of nitrogens with zero attached hydrogens (tertiary/aromatic N) is 2. The lowest BCUT2D eigenvalue weighted by atomic mass is 9.87. The zero-order valence-electron chi connectivity index (χ0n) is 16.2. The van der Waals surface area contributed by atoms with Crippen molar-refractivity contribution < 1.29 is 18.5 Å². The van der Waals surface area contributed by atoms with Crippen LogP contribution in [0.2, 0.25) is 0 Å². The van der Waals surface area contributed by atoms with Crippen molar-refractivity contribution in [2.75, 3.05) is 13.1 Å². The fraction of sp³-hybridized carbons (Fsp3) is 0.500. The summed E-state index contributed by atoms with van der Waals surface area (Å²) in [6, 6.07) is 3.46. The Bertz CT molecular complexity index is 793. The first-order valence-electron chi connectivity index (χ1n) is 9.13. The van der Waals surface area contributed by atoms with Crippen molar-refractivity contribution >= 4 is 19.1 Å². The quantitative estimate of drug-likeness (QED) is 0.606. The van der Waals surface area contributed by atoms with E-state index in [0.29, 0.717) is 24.2 Å². The number of hydrogen-bond donors (Lipinski definition) is 0. The van der Waals surface area contributed by atoms with Crippen molar-refractivity contribution in [3.05, 3.63) is 35.3 Å². The molecule has 0 spiro atoms. The second kappa shape index (κ2) is 7.45. The predicted octanol–water partition coefficient (Wildman–Crippen LogP) is 3.00. The van der Waals surface area contributed by atoms with Crippen LogP contribution >= 0.6 is 0 Å². The summed E-state index contributed by atoms with van der Waals surface area (Å²) >= 11 is 0. The van der Waals surface area contributed by atoms with Crippen molar-refractivity contribution in [2.24, 2.45) is 0 Å². The van der Waals surface area contributed by atoms with Crippen LogP contribution in [0.5, 0.6) is 0 Å². The molecule has 0 N–H and O–H groups in total. The van der Waals surface area contributed by atoms with Crippen LogP contribution in [0.25, 0.3) is 6.08 Å². The Morgan fingerprint density at radius 1 is 1.33 bits per heavy atom. The lowest BCUT2D eigenvalue weighted by Crippen LogP contribution is -2.41.